The van der Waals surface area contributed by atoms with Gasteiger partial charge in [0, 0.05) is 5.41 Å². The van der Waals surface area contributed by atoms with Crippen LogP contribution in [0.1, 0.15) is 64.3 Å². The highest BCUT2D eigenvalue weighted by atomic mass is 16.3. The third-order valence-corrected chi connectivity index (χ3v) is 3.42. The molecule has 0 bridgehead atoms. The molecule has 0 heterocycles. The second-order valence-electron chi connectivity index (χ2n) is 7.34. The van der Waals surface area contributed by atoms with Crippen LogP contribution >= 0.6 is 0 Å². The number of Topliss-reactive ketones (excluding diaryl/α,β-unsaturated/α-hetero) is 1. The van der Waals surface area contributed by atoms with Crippen molar-refractivity contribution in [2.24, 2.45) is 5.41 Å². The van der Waals surface area contributed by atoms with Gasteiger partial charge in [0.05, 0.1) is 0 Å². The van der Waals surface area contributed by atoms with Crippen LogP contribution in [0, 0.1) is 12.3 Å². The molecule has 0 radical (unpaired) electrons. The Bertz CT molecular complexity index is 473. The van der Waals surface area contributed by atoms with E-state index in [0.717, 1.165) is 5.56 Å². The molecule has 1 unspecified atom stereocenters. The fraction of sp³-hybridized carbons (Fsp3) is 0.588. The average molecular weight is 262 g/mol. The van der Waals surface area contributed by atoms with Crippen molar-refractivity contribution >= 4 is 5.78 Å². The van der Waals surface area contributed by atoms with E-state index in [4.69, 9.17) is 0 Å². The summed E-state index contributed by atoms with van der Waals surface area (Å²) in [6.45, 7) is 13.9. The maximum atomic E-state index is 12.1. The Hall–Kier alpha value is -1.15. The van der Waals surface area contributed by atoms with Gasteiger partial charge in [0.15, 0.2) is 5.78 Å². The van der Waals surface area contributed by atoms with Crippen molar-refractivity contribution in [1.82, 2.24) is 0 Å². The minimum absolute atomic E-state index is 0.0717. The number of aliphatic hydroxyl groups excluding tert-OH is 1. The average Bonchev–Trinajstić information content (AvgIpc) is 2.24. The van der Waals surface area contributed by atoms with Crippen molar-refractivity contribution in [2.45, 2.75) is 60.0 Å². The monoisotopic (exact) mass is 262 g/mol. The van der Waals surface area contributed by atoms with Gasteiger partial charge in [-0.1, -0.05) is 59.7 Å². The summed E-state index contributed by atoms with van der Waals surface area (Å²) in [5, 5.41) is 10.2. The Morgan fingerprint density at radius 2 is 1.63 bits per heavy atom. The van der Waals surface area contributed by atoms with Gasteiger partial charge in [-0.2, -0.15) is 0 Å². The lowest BCUT2D eigenvalue weighted by molar-refractivity contribution is -0.135. The van der Waals surface area contributed by atoms with E-state index in [2.05, 4.69) is 26.8 Å². The Morgan fingerprint density at radius 3 is 2.00 bits per heavy atom. The smallest absolute Gasteiger partial charge is 0.171 e. The lowest BCUT2D eigenvalue weighted by atomic mass is 9.81. The lowest BCUT2D eigenvalue weighted by Gasteiger charge is -2.24. The van der Waals surface area contributed by atoms with Crippen LogP contribution in [0.25, 0.3) is 0 Å². The van der Waals surface area contributed by atoms with E-state index in [1.807, 2.05) is 39.8 Å². The minimum Gasteiger partial charge on any atom is -0.381 e. The van der Waals surface area contributed by atoms with Gasteiger partial charge in [-0.25, -0.2) is 0 Å². The second-order valence-corrected chi connectivity index (χ2v) is 7.34. The number of carbonyl (C=O) groups excluding carboxylic acids is 1. The number of aryl methyl sites for hydroxylation is 1. The first-order chi connectivity index (χ1) is 8.44. The highest BCUT2D eigenvalue weighted by Gasteiger charge is 2.30. The van der Waals surface area contributed by atoms with Crippen molar-refractivity contribution in [3.05, 3.63) is 34.9 Å². The van der Waals surface area contributed by atoms with E-state index in [-0.39, 0.29) is 11.2 Å². The number of carbonyl (C=O) groups is 1. The molecule has 1 N–H and O–H groups in total. The number of aliphatic hydroxyl groups is 1. The highest BCUT2D eigenvalue weighted by molar-refractivity contribution is 5.88. The second kappa shape index (κ2) is 5.09. The SMILES string of the molecule is Cc1cc(C(C)(C)C)ccc1C(O)C(=O)C(C)(C)C. The normalized spacial score (nSPS) is 14.3. The Labute approximate surface area is 116 Å². The molecule has 0 saturated heterocycles. The Kier molecular flexibility index (Phi) is 4.26. The van der Waals surface area contributed by atoms with Gasteiger partial charge in [0.25, 0.3) is 0 Å². The van der Waals surface area contributed by atoms with Crippen LogP contribution in [-0.4, -0.2) is 10.9 Å². The van der Waals surface area contributed by atoms with Gasteiger partial charge >= 0.3 is 0 Å². The summed E-state index contributed by atoms with van der Waals surface area (Å²) in [5.74, 6) is -0.140. The molecule has 2 nitrogen and oxygen atoms in total. The fourth-order valence-electron chi connectivity index (χ4n) is 2.00. The molecule has 2 heteroatoms. The summed E-state index contributed by atoms with van der Waals surface area (Å²) in [5.41, 5.74) is 2.44. The van der Waals surface area contributed by atoms with Crippen LogP contribution in [0.15, 0.2) is 18.2 Å². The number of rotatable bonds is 2. The molecule has 106 valence electrons. The van der Waals surface area contributed by atoms with Crippen molar-refractivity contribution in [1.29, 1.82) is 0 Å². The van der Waals surface area contributed by atoms with Crippen molar-refractivity contribution in [3.63, 3.8) is 0 Å². The molecule has 1 atom stereocenters. The van der Waals surface area contributed by atoms with E-state index in [9.17, 15) is 9.90 Å². The van der Waals surface area contributed by atoms with Crippen LogP contribution < -0.4 is 0 Å². The lowest BCUT2D eigenvalue weighted by Crippen LogP contribution is -2.27. The molecule has 0 aliphatic carbocycles. The molecule has 1 rings (SSSR count). The predicted molar refractivity (Wildman–Crippen MR) is 79.3 cm³/mol. The summed E-state index contributed by atoms with van der Waals surface area (Å²) < 4.78 is 0. The molecule has 0 aromatic heterocycles. The summed E-state index contributed by atoms with van der Waals surface area (Å²) in [6.07, 6.45) is -1.03. The molecule has 0 aliphatic heterocycles. The van der Waals surface area contributed by atoms with E-state index in [0.29, 0.717) is 5.56 Å². The molecule has 0 spiro atoms. The van der Waals surface area contributed by atoms with Crippen LogP contribution in [0.5, 0.6) is 0 Å². The Morgan fingerprint density at radius 1 is 1.11 bits per heavy atom. The number of ketones is 1. The quantitative estimate of drug-likeness (QED) is 0.876. The van der Waals surface area contributed by atoms with Gasteiger partial charge < -0.3 is 5.11 Å². The molecule has 0 saturated carbocycles. The summed E-state index contributed by atoms with van der Waals surface area (Å²) in [6, 6.07) is 5.94. The van der Waals surface area contributed by atoms with Crippen LogP contribution in [0.2, 0.25) is 0 Å². The van der Waals surface area contributed by atoms with Gasteiger partial charge in [-0.15, -0.1) is 0 Å². The van der Waals surface area contributed by atoms with E-state index in [1.54, 1.807) is 0 Å². The van der Waals surface area contributed by atoms with E-state index < -0.39 is 11.5 Å². The van der Waals surface area contributed by atoms with Gasteiger partial charge in [0.1, 0.15) is 6.10 Å². The molecular weight excluding hydrogens is 236 g/mol. The minimum atomic E-state index is -1.03. The maximum Gasteiger partial charge on any atom is 0.171 e. The zero-order chi connectivity index (χ0) is 15.0. The van der Waals surface area contributed by atoms with Crippen LogP contribution in [-0.2, 0) is 10.2 Å². The van der Waals surface area contributed by atoms with E-state index >= 15 is 0 Å². The molecule has 0 aliphatic rings. The first-order valence-electron chi connectivity index (χ1n) is 6.78. The maximum absolute atomic E-state index is 12.1. The van der Waals surface area contributed by atoms with Gasteiger partial charge in [0.2, 0.25) is 0 Å². The molecule has 19 heavy (non-hydrogen) atoms. The predicted octanol–water partition coefficient (Wildman–Crippen LogP) is 3.94. The number of hydrogen-bond donors (Lipinski definition) is 1. The molecular formula is C17H26O2. The van der Waals surface area contributed by atoms with Crippen LogP contribution in [0.4, 0.5) is 0 Å². The van der Waals surface area contributed by atoms with Gasteiger partial charge in [-0.3, -0.25) is 4.79 Å². The summed E-state index contributed by atoms with van der Waals surface area (Å²) in [4.78, 5) is 12.1. The fourth-order valence-corrected chi connectivity index (χ4v) is 2.00. The largest absolute Gasteiger partial charge is 0.381 e. The highest BCUT2D eigenvalue weighted by Crippen LogP contribution is 2.30. The van der Waals surface area contributed by atoms with Crippen molar-refractivity contribution < 1.29 is 9.90 Å². The molecule has 0 fully saturated rings. The van der Waals surface area contributed by atoms with Crippen molar-refractivity contribution in [2.75, 3.05) is 0 Å². The summed E-state index contributed by atoms with van der Waals surface area (Å²) >= 11 is 0. The number of hydrogen-bond acceptors (Lipinski definition) is 2. The van der Waals surface area contributed by atoms with E-state index in [1.165, 1.54) is 5.56 Å². The standard InChI is InChI=1S/C17H26O2/c1-11-10-12(16(2,3)4)8-9-13(11)14(18)15(19)17(5,6)7/h8-10,14,18H,1-7H3. The first-order valence-corrected chi connectivity index (χ1v) is 6.78. The Balaban J connectivity index is 3.14. The first kappa shape index (κ1) is 15.9. The third-order valence-electron chi connectivity index (χ3n) is 3.42. The summed E-state index contributed by atoms with van der Waals surface area (Å²) in [7, 11) is 0. The zero-order valence-electron chi connectivity index (χ0n) is 13.2. The zero-order valence-corrected chi connectivity index (χ0v) is 13.2. The van der Waals surface area contributed by atoms with Crippen molar-refractivity contribution in [3.8, 4) is 0 Å². The third kappa shape index (κ3) is 3.66. The molecule has 1 aromatic carbocycles. The molecule has 1 aromatic rings. The van der Waals surface area contributed by atoms with Gasteiger partial charge in [-0.05, 0) is 29.0 Å². The topological polar surface area (TPSA) is 37.3 Å². The van der Waals surface area contributed by atoms with Crippen LogP contribution in [0.3, 0.4) is 0 Å². The molecule has 0 amide bonds. The number of benzene rings is 1.